The summed E-state index contributed by atoms with van der Waals surface area (Å²) in [6, 6.07) is 11.9. The molecule has 28 heteroatoms. The number of aliphatic hydroxyl groups excluding tert-OH is 1. The molecular weight excluding hydrogens is 1250 g/mol. The lowest BCUT2D eigenvalue weighted by Crippen LogP contribution is -2.41. The Bertz CT molecular complexity index is 3660. The third-order valence-electron chi connectivity index (χ3n) is 21.5. The molecule has 7 unspecified atom stereocenters. The van der Waals surface area contributed by atoms with Crippen molar-refractivity contribution >= 4 is 17.5 Å². The average Bonchev–Trinajstić information content (AvgIpc) is 1.56. The Morgan fingerprint density at radius 1 is 0.558 bits per heavy atom. The maximum atomic E-state index is 14.8. The minimum Gasteiger partial charge on any atom is -0.431 e. The van der Waals surface area contributed by atoms with Crippen molar-refractivity contribution in [1.29, 1.82) is 0 Å². The van der Waals surface area contributed by atoms with Crippen molar-refractivity contribution in [3.63, 3.8) is 0 Å². The number of hydrogen-bond donors (Lipinski definition) is 4. The molecule has 1 spiro atoms. The third-order valence-corrected chi connectivity index (χ3v) is 21.5. The van der Waals surface area contributed by atoms with Crippen LogP contribution in [0, 0.1) is 40.9 Å². The van der Waals surface area contributed by atoms with Crippen LogP contribution in [0.2, 0.25) is 0 Å². The van der Waals surface area contributed by atoms with Gasteiger partial charge in [0.1, 0.15) is 11.8 Å². The predicted molar refractivity (Wildman–Crippen MR) is 337 cm³/mol. The van der Waals surface area contributed by atoms with E-state index in [2.05, 4.69) is 91.3 Å². The number of ether oxygens (including phenoxy) is 5. The van der Waals surface area contributed by atoms with Crippen molar-refractivity contribution in [3.8, 4) is 51.0 Å². The topological polar surface area (TPSA) is 243 Å². The van der Waals surface area contributed by atoms with Crippen molar-refractivity contribution < 1.29 is 63.9 Å². The van der Waals surface area contributed by atoms with Gasteiger partial charge in [0.15, 0.2) is 34.7 Å². The second-order valence-corrected chi connectivity index (χ2v) is 28.7. The molecule has 15 rings (SSSR count). The van der Waals surface area contributed by atoms with Crippen LogP contribution in [0.25, 0.3) is 33.8 Å². The highest BCUT2D eigenvalue weighted by Crippen LogP contribution is 2.70. The maximum absolute atomic E-state index is 14.8. The van der Waals surface area contributed by atoms with Crippen molar-refractivity contribution in [2.45, 2.75) is 173 Å². The summed E-state index contributed by atoms with van der Waals surface area (Å²) in [5.74, 6) is 4.27. The number of anilines is 3. The van der Waals surface area contributed by atoms with E-state index in [0.717, 1.165) is 63.4 Å². The largest absolute Gasteiger partial charge is 0.431 e. The summed E-state index contributed by atoms with van der Waals surface area (Å²) in [5.41, 5.74) is 23.5. The Morgan fingerprint density at radius 2 is 0.947 bits per heavy atom. The summed E-state index contributed by atoms with van der Waals surface area (Å²) < 4.78 is 135. The van der Waals surface area contributed by atoms with Crippen LogP contribution < -0.4 is 31.4 Å². The van der Waals surface area contributed by atoms with Crippen molar-refractivity contribution in [2.75, 3.05) is 76.4 Å². The summed E-state index contributed by atoms with van der Waals surface area (Å²) in [5, 5.41) is 23.4. The molecule has 0 bridgehead atoms. The van der Waals surface area contributed by atoms with Gasteiger partial charge in [-0.25, -0.2) is 23.7 Å². The number of likely N-dealkylation sites (tertiary alicyclic amines) is 1. The van der Waals surface area contributed by atoms with Gasteiger partial charge >= 0.3 is 19.8 Å². The first-order valence-electron chi connectivity index (χ1n) is 33.4. The second-order valence-electron chi connectivity index (χ2n) is 28.7. The van der Waals surface area contributed by atoms with E-state index in [4.69, 9.17) is 47.1 Å². The fraction of sp³-hybridized carbons (Fsp3) is 0.642. The van der Waals surface area contributed by atoms with Gasteiger partial charge in [-0.2, -0.15) is 41.6 Å². The second kappa shape index (κ2) is 26.5. The minimum absolute atomic E-state index is 0.0580. The summed E-state index contributed by atoms with van der Waals surface area (Å²) in [4.78, 5) is 16.6. The monoisotopic (exact) mass is 1330 g/mol. The van der Waals surface area contributed by atoms with Crippen LogP contribution in [0.3, 0.4) is 0 Å². The minimum atomic E-state index is -2.98. The molecule has 6 saturated carbocycles. The molecule has 7 N–H and O–H groups in total. The number of hydrogen-bond acceptors (Lipinski definition) is 17. The zero-order chi connectivity index (χ0) is 67.1. The number of aliphatic hydroxyl groups is 1. The molecule has 6 aliphatic carbocycles. The van der Waals surface area contributed by atoms with Crippen molar-refractivity contribution in [3.05, 3.63) is 72.1 Å². The van der Waals surface area contributed by atoms with Crippen LogP contribution in [0.15, 0.2) is 55.0 Å². The number of halogens is 8. The lowest BCUT2D eigenvalue weighted by atomic mass is 9.79. The van der Waals surface area contributed by atoms with Crippen LogP contribution in [-0.4, -0.2) is 162 Å². The Hall–Kier alpha value is -6.88. The van der Waals surface area contributed by atoms with Gasteiger partial charge in [0.2, 0.25) is 0 Å². The molecule has 0 amide bonds. The van der Waals surface area contributed by atoms with Gasteiger partial charge in [0, 0.05) is 145 Å². The average molecular weight is 1340 g/mol. The molecule has 13 atom stereocenters. The molecule has 516 valence electrons. The molecule has 95 heavy (non-hydrogen) atoms. The Balaban J connectivity index is 0.000000130. The molecule has 9 fully saturated rings. The zero-order valence-corrected chi connectivity index (χ0v) is 54.3. The smallest absolute Gasteiger partial charge is 0.387 e. The Labute approximate surface area is 546 Å². The highest BCUT2D eigenvalue weighted by molar-refractivity contribution is 5.67. The van der Waals surface area contributed by atoms with Gasteiger partial charge in [0.25, 0.3) is 0 Å². The number of fused-ring (bicyclic) bond motifs is 3. The van der Waals surface area contributed by atoms with Crippen molar-refractivity contribution in [1.82, 2.24) is 54.1 Å². The summed E-state index contributed by atoms with van der Waals surface area (Å²) in [6.45, 7) is 8.50. The van der Waals surface area contributed by atoms with E-state index in [9.17, 15) is 35.1 Å². The van der Waals surface area contributed by atoms with E-state index in [1.807, 2.05) is 21.5 Å². The zero-order valence-electron chi connectivity index (χ0n) is 54.3. The molecule has 6 aromatic rings. The SMILES string of the molecule is CC(C)n1nc(-c2cnc(N)c(OC(F)F)c2)cc1C1[C@H]2CC(N3CCC(F)(CCO)C3)C[C@@H]12.CC(C)n1nc(-c2cnc(N)c(OC(F)F)c2)cc1C1[C@H]2CC(N3CCOCC(F)C3)C[C@@H]12.CC(C)n1nc(-c2cnc(N)c(OC(F)F)c2)cc1C1[C@H]2CC3(COC3)C[C@@H]12. The lowest BCUT2D eigenvalue weighted by molar-refractivity contribution is -0.115. The summed E-state index contributed by atoms with van der Waals surface area (Å²) >= 11 is 0. The number of rotatable bonds is 19. The summed E-state index contributed by atoms with van der Waals surface area (Å²) in [7, 11) is 0. The van der Waals surface area contributed by atoms with Gasteiger partial charge in [-0.1, -0.05) is 0 Å². The maximum Gasteiger partial charge on any atom is 0.387 e. The predicted octanol–water partition coefficient (Wildman–Crippen LogP) is 11.7. The Morgan fingerprint density at radius 3 is 1.31 bits per heavy atom. The van der Waals surface area contributed by atoms with Gasteiger partial charge in [0.05, 0.1) is 43.5 Å². The van der Waals surface area contributed by atoms with Crippen LogP contribution in [0.5, 0.6) is 17.2 Å². The number of nitrogens with zero attached hydrogens (tertiary/aromatic N) is 11. The van der Waals surface area contributed by atoms with Crippen LogP contribution in [-0.2, 0) is 9.47 Å². The standard InChI is InChI=1S/C24H32F3N5O2.C23H30F3N5O2.C20H24F2N4O2/c1-13(2)32-19(10-18(30-32)14-7-20(34-23(25)26)22(28)29-11-14)21-16-8-15(9-17(16)21)31-5-3-24(27,12-31)4-6-33;1-12(2)31-19(8-18(29-31)13-5-20(33-23(25)26)22(27)28-9-13)21-16-6-15(7-17(16)21)30-3-4-32-11-14(24)10-30;1-10(2)26-15(17-12-5-20(6-13(12)17)8-27-9-20)4-14(25-26)11-3-16(28-19(21)22)18(23)24-7-11/h7,10-11,13,15-17,21,23,33H,3-6,8-9,12H2,1-2H3,(H2,28,29);5,8-9,12,14-17,21,23H,3-4,6-7,10-11H2,1-2H3,(H2,27,28);3-4,7,10,12-13,17,19H,5-6,8-9H2,1-2H3,(H2,23,24)/t15?,16-,17+,21?,24?;14?,15?,16-,17+,21?;12-,13+,17?. The van der Waals surface area contributed by atoms with Gasteiger partial charge in [-0.05, 0) is 158 Å². The summed E-state index contributed by atoms with van der Waals surface area (Å²) in [6.07, 6.45) is 11.1. The van der Waals surface area contributed by atoms with E-state index < -0.39 is 31.7 Å². The Kier molecular flexibility index (Phi) is 18.6. The van der Waals surface area contributed by atoms with Crippen molar-refractivity contribution in [2.24, 2.45) is 40.9 Å². The first-order chi connectivity index (χ1) is 45.4. The van der Waals surface area contributed by atoms with Gasteiger partial charge < -0.3 is 46.0 Å². The molecule has 20 nitrogen and oxygen atoms in total. The first-order valence-corrected chi connectivity index (χ1v) is 33.4. The van der Waals surface area contributed by atoms with Gasteiger partial charge in [-0.15, -0.1) is 0 Å². The highest BCUT2D eigenvalue weighted by atomic mass is 19.3. The number of aromatic nitrogens is 9. The highest BCUT2D eigenvalue weighted by Gasteiger charge is 2.65. The van der Waals surface area contributed by atoms with Crippen LogP contribution >= 0.6 is 0 Å². The molecule has 9 aliphatic rings. The van der Waals surface area contributed by atoms with Crippen LogP contribution in [0.1, 0.15) is 146 Å². The molecular formula is C67H86F8N14O6. The third kappa shape index (κ3) is 13.8. The molecule has 6 aromatic heterocycles. The lowest BCUT2D eigenvalue weighted by Gasteiger charge is -2.40. The number of nitrogens with two attached hydrogens (primary N) is 3. The quantitative estimate of drug-likeness (QED) is 0.0551. The van der Waals surface area contributed by atoms with Gasteiger partial charge in [-0.3, -0.25) is 23.8 Å². The van der Waals surface area contributed by atoms with E-state index in [1.165, 1.54) is 49.1 Å². The molecule has 0 aromatic carbocycles. The first kappa shape index (κ1) is 66.7. The fourth-order valence-corrected chi connectivity index (χ4v) is 16.9. The molecule has 9 heterocycles. The van der Waals surface area contributed by atoms with E-state index in [-0.39, 0.29) is 72.5 Å². The number of alkyl halides is 8. The van der Waals surface area contributed by atoms with E-state index in [1.54, 1.807) is 6.20 Å². The molecule has 0 radical (unpaired) electrons. The fourth-order valence-electron chi connectivity index (χ4n) is 16.9. The molecule has 3 aliphatic heterocycles. The van der Waals surface area contributed by atoms with Crippen LogP contribution in [0.4, 0.5) is 52.6 Å². The van der Waals surface area contributed by atoms with E-state index in [0.29, 0.717) is 131 Å². The molecule has 3 saturated heterocycles. The number of pyridine rings is 3. The van der Waals surface area contributed by atoms with E-state index >= 15 is 0 Å². The number of nitrogen functional groups attached to an aromatic ring is 3. The normalized spacial score (nSPS) is 29.5.